The zero-order valence-electron chi connectivity index (χ0n) is 26.9. The first-order valence-electron chi connectivity index (χ1n) is 15.1. The lowest BCUT2D eigenvalue weighted by atomic mass is 9.95. The van der Waals surface area contributed by atoms with Crippen LogP contribution in [-0.4, -0.2) is 37.5 Å². The van der Waals surface area contributed by atoms with Crippen LogP contribution in [0.3, 0.4) is 0 Å². The Bertz CT molecular complexity index is 2070. The maximum Gasteiger partial charge on any atom is 0.338 e. The topological polar surface area (TPSA) is 97.6 Å². The first-order chi connectivity index (χ1) is 23.2. The number of allylic oxidation sites excluding steroid dienone is 1. The summed E-state index contributed by atoms with van der Waals surface area (Å²) >= 11 is 11.2. The molecule has 1 aliphatic heterocycles. The van der Waals surface area contributed by atoms with Gasteiger partial charge in [0.15, 0.2) is 27.8 Å². The van der Waals surface area contributed by atoms with Gasteiger partial charge in [0.05, 0.1) is 42.2 Å². The first-order valence-corrected chi connectivity index (χ1v) is 17.1. The number of esters is 1. The second-order valence-corrected chi connectivity index (χ2v) is 12.7. The highest BCUT2D eigenvalue weighted by Crippen LogP contribution is 2.37. The third kappa shape index (κ3) is 7.38. The number of hydrogen-bond donors (Lipinski definition) is 0. The van der Waals surface area contributed by atoms with Gasteiger partial charge < -0.3 is 23.7 Å². The minimum Gasteiger partial charge on any atom is -0.493 e. The molecule has 12 heteroatoms. The van der Waals surface area contributed by atoms with Gasteiger partial charge in [-0.3, -0.25) is 9.36 Å². The molecule has 0 saturated carbocycles. The normalized spacial score (nSPS) is 14.2. The molecule has 0 aliphatic carbocycles. The summed E-state index contributed by atoms with van der Waals surface area (Å²) in [4.78, 5) is 32.7. The van der Waals surface area contributed by atoms with Crippen LogP contribution in [0, 0.1) is 0 Å². The van der Waals surface area contributed by atoms with E-state index in [0.29, 0.717) is 65.3 Å². The standard InChI is InChI=1S/C36H34BrClN2O7S/c1-6-15-46-27-14-13-22(16-29(27)44-7-2)33-32(35(42)45-8-3)21(4)39-36-40(33)34(41)31(48-36)18-24-17-28(43-5)30(19-25(24)37)47-20-23-11-9-10-12-26(23)38/h6,9-14,16-19,33H,1,7-8,15,20H2,2-5H3/b31-18+/t33-/m1/s1. The van der Waals surface area contributed by atoms with Crippen LogP contribution in [0.5, 0.6) is 23.0 Å². The molecule has 1 aromatic heterocycles. The highest BCUT2D eigenvalue weighted by atomic mass is 79.9. The van der Waals surface area contributed by atoms with Gasteiger partial charge in [-0.05, 0) is 68.3 Å². The Kier molecular flexibility index (Phi) is 11.5. The van der Waals surface area contributed by atoms with Crippen LogP contribution in [0.1, 0.15) is 43.5 Å². The van der Waals surface area contributed by atoms with E-state index in [9.17, 15) is 9.59 Å². The van der Waals surface area contributed by atoms with Crippen LogP contribution in [-0.2, 0) is 16.1 Å². The Labute approximate surface area is 295 Å². The van der Waals surface area contributed by atoms with Crippen molar-refractivity contribution in [2.45, 2.75) is 33.4 Å². The summed E-state index contributed by atoms with van der Waals surface area (Å²) in [6.45, 7) is 10.1. The number of thiazole rings is 1. The van der Waals surface area contributed by atoms with Crippen molar-refractivity contribution in [1.29, 1.82) is 0 Å². The fourth-order valence-corrected chi connectivity index (χ4v) is 6.85. The fourth-order valence-electron chi connectivity index (χ4n) is 5.18. The zero-order chi connectivity index (χ0) is 34.4. The van der Waals surface area contributed by atoms with Gasteiger partial charge in [-0.25, -0.2) is 9.79 Å². The van der Waals surface area contributed by atoms with Crippen molar-refractivity contribution in [2.24, 2.45) is 4.99 Å². The van der Waals surface area contributed by atoms with Gasteiger partial charge in [-0.2, -0.15) is 0 Å². The smallest absolute Gasteiger partial charge is 0.338 e. The van der Waals surface area contributed by atoms with Crippen LogP contribution < -0.4 is 33.8 Å². The van der Waals surface area contributed by atoms with E-state index >= 15 is 0 Å². The molecule has 0 N–H and O–H groups in total. The van der Waals surface area contributed by atoms with E-state index in [0.717, 1.165) is 5.56 Å². The average molecular weight is 754 g/mol. The average Bonchev–Trinajstić information content (AvgIpc) is 3.37. The molecule has 1 atom stereocenters. The van der Waals surface area contributed by atoms with Crippen LogP contribution in [0.25, 0.3) is 6.08 Å². The molecular formula is C36H34BrClN2O7S. The molecule has 2 heterocycles. The highest BCUT2D eigenvalue weighted by Gasteiger charge is 2.34. The lowest BCUT2D eigenvalue weighted by Crippen LogP contribution is -2.40. The Hall–Kier alpha value is -4.32. The van der Waals surface area contributed by atoms with Crippen molar-refractivity contribution in [2.75, 3.05) is 26.9 Å². The van der Waals surface area contributed by atoms with Crippen LogP contribution in [0.2, 0.25) is 5.02 Å². The van der Waals surface area contributed by atoms with E-state index in [2.05, 4.69) is 27.5 Å². The van der Waals surface area contributed by atoms with Gasteiger partial charge >= 0.3 is 5.97 Å². The van der Waals surface area contributed by atoms with Gasteiger partial charge in [-0.15, -0.1) is 0 Å². The van der Waals surface area contributed by atoms with Crippen LogP contribution in [0.4, 0.5) is 0 Å². The molecule has 4 aromatic rings. The largest absolute Gasteiger partial charge is 0.493 e. The molecule has 0 radical (unpaired) electrons. The minimum absolute atomic E-state index is 0.166. The van der Waals surface area contributed by atoms with Crippen molar-refractivity contribution in [3.05, 3.63) is 124 Å². The van der Waals surface area contributed by atoms with Crippen LogP contribution >= 0.6 is 38.9 Å². The Morgan fingerprint density at radius 3 is 2.52 bits per heavy atom. The number of carbonyl (C=O) groups is 1. The monoisotopic (exact) mass is 752 g/mol. The van der Waals surface area contributed by atoms with Gasteiger partial charge in [0.1, 0.15) is 13.2 Å². The van der Waals surface area contributed by atoms with E-state index in [1.54, 1.807) is 63.4 Å². The highest BCUT2D eigenvalue weighted by molar-refractivity contribution is 9.10. The number of hydrogen-bond acceptors (Lipinski definition) is 9. The van der Waals surface area contributed by atoms with Crippen molar-refractivity contribution >= 4 is 50.9 Å². The number of ether oxygens (including phenoxy) is 5. The molecule has 0 unspecified atom stereocenters. The molecule has 0 saturated heterocycles. The van der Waals surface area contributed by atoms with Crippen molar-refractivity contribution in [1.82, 2.24) is 4.57 Å². The molecule has 5 rings (SSSR count). The Morgan fingerprint density at radius 1 is 1.04 bits per heavy atom. The molecule has 3 aromatic carbocycles. The van der Waals surface area contributed by atoms with Crippen molar-refractivity contribution in [3.63, 3.8) is 0 Å². The number of halogens is 2. The maximum absolute atomic E-state index is 14.2. The summed E-state index contributed by atoms with van der Waals surface area (Å²) in [6, 6.07) is 15.5. The Balaban J connectivity index is 1.61. The number of rotatable bonds is 13. The second kappa shape index (κ2) is 15.7. The van der Waals surface area contributed by atoms with Crippen molar-refractivity contribution in [3.8, 4) is 23.0 Å². The summed E-state index contributed by atoms with van der Waals surface area (Å²) in [6.07, 6.45) is 3.40. The lowest BCUT2D eigenvalue weighted by molar-refractivity contribution is -0.139. The predicted octanol–water partition coefficient (Wildman–Crippen LogP) is 6.77. The predicted molar refractivity (Wildman–Crippen MR) is 190 cm³/mol. The van der Waals surface area contributed by atoms with E-state index in [-0.39, 0.29) is 31.0 Å². The summed E-state index contributed by atoms with van der Waals surface area (Å²) in [5, 5.41) is 0.605. The summed E-state index contributed by atoms with van der Waals surface area (Å²) < 4.78 is 31.4. The number of benzene rings is 3. The number of nitrogens with zero attached hydrogens (tertiary/aromatic N) is 2. The van der Waals surface area contributed by atoms with Gasteiger partial charge in [0, 0.05) is 15.1 Å². The summed E-state index contributed by atoms with van der Waals surface area (Å²) in [5.41, 5.74) is 2.55. The second-order valence-electron chi connectivity index (χ2n) is 10.4. The third-order valence-corrected chi connectivity index (χ3v) is 9.41. The number of aromatic nitrogens is 1. The SMILES string of the molecule is C=CCOc1ccc([C@@H]2C(C(=O)OCC)=C(C)N=c3s/c(=C/c4cc(OC)c(OCc5ccccc5Cl)cc4Br)c(=O)n32)cc1OCC. The third-order valence-electron chi connectivity index (χ3n) is 7.37. The molecule has 9 nitrogen and oxygen atoms in total. The molecule has 0 bridgehead atoms. The Morgan fingerprint density at radius 2 is 1.81 bits per heavy atom. The maximum atomic E-state index is 14.2. The molecular weight excluding hydrogens is 720 g/mol. The quantitative estimate of drug-likeness (QED) is 0.110. The molecule has 0 fully saturated rings. The zero-order valence-corrected chi connectivity index (χ0v) is 30.0. The van der Waals surface area contributed by atoms with E-state index in [4.69, 9.17) is 35.3 Å². The van der Waals surface area contributed by atoms with Crippen LogP contribution in [0.15, 0.2) is 92.8 Å². The number of methoxy groups -OCH3 is 1. The van der Waals surface area contributed by atoms with Gasteiger partial charge in [0.2, 0.25) is 0 Å². The molecule has 250 valence electrons. The number of carbonyl (C=O) groups excluding carboxylic acids is 1. The van der Waals surface area contributed by atoms with E-state index < -0.39 is 12.0 Å². The van der Waals surface area contributed by atoms with E-state index in [1.165, 1.54) is 15.9 Å². The molecule has 0 spiro atoms. The fraction of sp³-hybridized carbons (Fsp3) is 0.250. The molecule has 1 aliphatic rings. The summed E-state index contributed by atoms with van der Waals surface area (Å²) in [5.74, 6) is 1.42. The summed E-state index contributed by atoms with van der Waals surface area (Å²) in [7, 11) is 1.55. The molecule has 0 amide bonds. The minimum atomic E-state index is -0.825. The lowest BCUT2D eigenvalue weighted by Gasteiger charge is -2.25. The van der Waals surface area contributed by atoms with E-state index in [1.807, 2.05) is 31.2 Å². The molecule has 48 heavy (non-hydrogen) atoms. The van der Waals surface area contributed by atoms with Gasteiger partial charge in [0.25, 0.3) is 5.56 Å². The van der Waals surface area contributed by atoms with Gasteiger partial charge in [-0.1, -0.05) is 75.8 Å². The van der Waals surface area contributed by atoms with Crippen molar-refractivity contribution < 1.29 is 28.5 Å². The first kappa shape index (κ1) is 35.0. The number of fused-ring (bicyclic) bond motifs is 1.